The Bertz CT molecular complexity index is 233. The fourth-order valence-electron chi connectivity index (χ4n) is 0.705. The van der Waals surface area contributed by atoms with Gasteiger partial charge in [0.1, 0.15) is 11.0 Å². The van der Waals surface area contributed by atoms with E-state index >= 15 is 0 Å². The number of hydrogen-bond acceptors (Lipinski definition) is 3. The van der Waals surface area contributed by atoms with Crippen LogP contribution in [0.2, 0.25) is 5.15 Å². The van der Waals surface area contributed by atoms with Crippen LogP contribution in [0.1, 0.15) is 5.56 Å². The second-order valence-corrected chi connectivity index (χ2v) is 2.30. The minimum atomic E-state index is -0.400. The molecule has 0 aromatic carbocycles. The Labute approximate surface area is 68.3 Å². The minimum absolute atomic E-state index is 0.142. The molecule has 0 unspecified atom stereocenters. The maximum atomic E-state index is 12.8. The van der Waals surface area contributed by atoms with Crippen LogP contribution in [0, 0.1) is 5.82 Å². The summed E-state index contributed by atoms with van der Waals surface area (Å²) in [7, 11) is 0. The zero-order valence-electron chi connectivity index (χ0n) is 5.64. The maximum Gasteiger partial charge on any atom is 0.136 e. The van der Waals surface area contributed by atoms with E-state index in [9.17, 15) is 4.39 Å². The highest BCUT2D eigenvalue weighted by molar-refractivity contribution is 6.30. The van der Waals surface area contributed by atoms with Crippen LogP contribution in [-0.2, 0) is 6.54 Å². The first-order valence-electron chi connectivity index (χ1n) is 2.98. The first kappa shape index (κ1) is 8.39. The van der Waals surface area contributed by atoms with Crippen LogP contribution in [0.3, 0.4) is 0 Å². The standard InChI is InChI=1S/C6H7ClFN3/c7-6-4(3-11-9)5(8)1-2-10-6/h1-2,11H,3,9H2. The summed E-state index contributed by atoms with van der Waals surface area (Å²) in [5.74, 6) is 4.60. The third-order valence-electron chi connectivity index (χ3n) is 1.22. The van der Waals surface area contributed by atoms with Gasteiger partial charge < -0.3 is 0 Å². The molecule has 0 saturated heterocycles. The number of halogens is 2. The van der Waals surface area contributed by atoms with Crippen molar-refractivity contribution in [2.24, 2.45) is 5.84 Å². The summed E-state index contributed by atoms with van der Waals surface area (Å²) in [6.07, 6.45) is 1.30. The van der Waals surface area contributed by atoms with E-state index in [4.69, 9.17) is 17.4 Å². The third-order valence-corrected chi connectivity index (χ3v) is 1.55. The van der Waals surface area contributed by atoms with Gasteiger partial charge in [0.2, 0.25) is 0 Å². The zero-order chi connectivity index (χ0) is 8.27. The van der Waals surface area contributed by atoms with Crippen molar-refractivity contribution in [1.82, 2.24) is 10.4 Å². The molecule has 1 heterocycles. The maximum absolute atomic E-state index is 12.8. The van der Waals surface area contributed by atoms with E-state index < -0.39 is 5.82 Å². The molecule has 0 atom stereocenters. The van der Waals surface area contributed by atoms with Gasteiger partial charge in [-0.1, -0.05) is 11.6 Å². The van der Waals surface area contributed by atoms with Gasteiger partial charge in [0, 0.05) is 18.3 Å². The van der Waals surface area contributed by atoms with Gasteiger partial charge in [0.15, 0.2) is 0 Å². The van der Waals surface area contributed by atoms with Crippen LogP contribution in [-0.4, -0.2) is 4.98 Å². The van der Waals surface area contributed by atoms with Gasteiger partial charge in [0.25, 0.3) is 0 Å². The Kier molecular flexibility index (Phi) is 2.76. The number of aromatic nitrogens is 1. The lowest BCUT2D eigenvalue weighted by molar-refractivity contribution is 0.591. The summed E-state index contributed by atoms with van der Waals surface area (Å²) >= 11 is 5.56. The fraction of sp³-hybridized carbons (Fsp3) is 0.167. The average molecular weight is 176 g/mol. The summed E-state index contributed by atoms with van der Waals surface area (Å²) in [6.45, 7) is 0.179. The van der Waals surface area contributed by atoms with E-state index in [2.05, 4.69) is 10.4 Å². The number of nitrogens with two attached hydrogens (primary N) is 1. The molecule has 60 valence electrons. The van der Waals surface area contributed by atoms with Gasteiger partial charge in [-0.3, -0.25) is 11.3 Å². The van der Waals surface area contributed by atoms with Crippen molar-refractivity contribution >= 4 is 11.6 Å². The molecular formula is C6H7ClFN3. The number of hydrazine groups is 1. The Morgan fingerprint density at radius 3 is 3.00 bits per heavy atom. The molecule has 0 aliphatic carbocycles. The number of hydrogen-bond donors (Lipinski definition) is 2. The lowest BCUT2D eigenvalue weighted by Crippen LogP contribution is -2.22. The van der Waals surface area contributed by atoms with Crippen LogP contribution < -0.4 is 11.3 Å². The first-order valence-corrected chi connectivity index (χ1v) is 3.36. The number of rotatable bonds is 2. The summed E-state index contributed by atoms with van der Waals surface area (Å²) in [4.78, 5) is 3.69. The monoisotopic (exact) mass is 175 g/mol. The molecule has 0 saturated carbocycles. The highest BCUT2D eigenvalue weighted by Crippen LogP contribution is 2.14. The highest BCUT2D eigenvalue weighted by atomic mass is 35.5. The molecule has 1 rings (SSSR count). The lowest BCUT2D eigenvalue weighted by atomic mass is 10.3. The normalized spacial score (nSPS) is 10.1. The Morgan fingerprint density at radius 2 is 2.45 bits per heavy atom. The predicted octanol–water partition coefficient (Wildman–Crippen LogP) is 0.837. The Balaban J connectivity index is 3.00. The van der Waals surface area contributed by atoms with Crippen molar-refractivity contribution in [3.63, 3.8) is 0 Å². The molecule has 5 heteroatoms. The van der Waals surface area contributed by atoms with E-state index in [1.54, 1.807) is 0 Å². The Morgan fingerprint density at radius 1 is 1.73 bits per heavy atom. The van der Waals surface area contributed by atoms with Crippen molar-refractivity contribution in [2.75, 3.05) is 0 Å². The van der Waals surface area contributed by atoms with Crippen molar-refractivity contribution < 1.29 is 4.39 Å². The van der Waals surface area contributed by atoms with Crippen LogP contribution in [0.4, 0.5) is 4.39 Å². The Hall–Kier alpha value is -0.710. The summed E-state index contributed by atoms with van der Waals surface area (Å²) < 4.78 is 12.8. The number of nitrogens with one attached hydrogen (secondary N) is 1. The van der Waals surface area contributed by atoms with Crippen LogP contribution in [0.15, 0.2) is 12.3 Å². The molecule has 0 bridgehead atoms. The summed E-state index contributed by atoms with van der Waals surface area (Å²) in [5.41, 5.74) is 2.59. The lowest BCUT2D eigenvalue weighted by Gasteiger charge is -2.02. The molecule has 1 aromatic heterocycles. The smallest absolute Gasteiger partial charge is 0.136 e. The van der Waals surface area contributed by atoms with Gasteiger partial charge in [-0.2, -0.15) is 0 Å². The average Bonchev–Trinajstić information content (AvgIpc) is 1.97. The fourth-order valence-corrected chi connectivity index (χ4v) is 0.918. The largest absolute Gasteiger partial charge is 0.271 e. The molecule has 3 N–H and O–H groups in total. The topological polar surface area (TPSA) is 50.9 Å². The quantitative estimate of drug-likeness (QED) is 0.398. The molecule has 0 aliphatic rings. The predicted molar refractivity (Wildman–Crippen MR) is 40.2 cm³/mol. The van der Waals surface area contributed by atoms with Crippen molar-refractivity contribution in [2.45, 2.75) is 6.54 Å². The second kappa shape index (κ2) is 3.61. The molecule has 0 amide bonds. The summed E-state index contributed by atoms with van der Waals surface area (Å²) in [5, 5.41) is 0.142. The molecule has 0 radical (unpaired) electrons. The second-order valence-electron chi connectivity index (χ2n) is 1.94. The third kappa shape index (κ3) is 1.86. The molecule has 11 heavy (non-hydrogen) atoms. The van der Waals surface area contributed by atoms with Crippen molar-refractivity contribution in [1.29, 1.82) is 0 Å². The van der Waals surface area contributed by atoms with E-state index in [0.717, 1.165) is 0 Å². The molecule has 0 aliphatic heterocycles. The van der Waals surface area contributed by atoms with Gasteiger partial charge in [-0.25, -0.2) is 9.37 Å². The van der Waals surface area contributed by atoms with Crippen LogP contribution in [0.25, 0.3) is 0 Å². The van der Waals surface area contributed by atoms with E-state index in [0.29, 0.717) is 0 Å². The number of pyridine rings is 1. The van der Waals surface area contributed by atoms with E-state index in [1.807, 2.05) is 0 Å². The first-order chi connectivity index (χ1) is 5.25. The van der Waals surface area contributed by atoms with Gasteiger partial charge in [0.05, 0.1) is 0 Å². The van der Waals surface area contributed by atoms with Gasteiger partial charge >= 0.3 is 0 Å². The molecule has 0 spiro atoms. The van der Waals surface area contributed by atoms with Crippen molar-refractivity contribution in [3.8, 4) is 0 Å². The highest BCUT2D eigenvalue weighted by Gasteiger charge is 2.05. The number of nitrogens with zero attached hydrogens (tertiary/aromatic N) is 1. The zero-order valence-corrected chi connectivity index (χ0v) is 6.40. The van der Waals surface area contributed by atoms with Crippen LogP contribution in [0.5, 0.6) is 0 Å². The summed E-state index contributed by atoms with van der Waals surface area (Å²) in [6, 6.07) is 1.23. The van der Waals surface area contributed by atoms with Crippen molar-refractivity contribution in [3.05, 3.63) is 28.8 Å². The minimum Gasteiger partial charge on any atom is -0.271 e. The molecule has 0 fully saturated rings. The van der Waals surface area contributed by atoms with Gasteiger partial charge in [-0.15, -0.1) is 0 Å². The van der Waals surface area contributed by atoms with E-state index in [1.165, 1.54) is 12.3 Å². The van der Waals surface area contributed by atoms with Gasteiger partial charge in [-0.05, 0) is 6.07 Å². The molecular weight excluding hydrogens is 169 g/mol. The van der Waals surface area contributed by atoms with Crippen LogP contribution >= 0.6 is 11.6 Å². The molecule has 1 aromatic rings. The van der Waals surface area contributed by atoms with E-state index in [-0.39, 0.29) is 17.3 Å². The molecule has 3 nitrogen and oxygen atoms in total. The SMILES string of the molecule is NNCc1c(F)ccnc1Cl.